The Kier molecular flexibility index (Phi) is 3.02. The standard InChI is InChI=1S/C8H9F2NO2/c9-5-4-8(13-2-1-12)6(10)3-7(5)11/h3-4,12H,1-2,11H2. The van der Waals surface area contributed by atoms with Gasteiger partial charge in [-0.2, -0.15) is 0 Å². The number of ether oxygens (including phenoxy) is 1. The molecule has 0 spiro atoms. The SMILES string of the molecule is Nc1cc(F)c(OCCO)cc1F. The van der Waals surface area contributed by atoms with E-state index in [4.69, 9.17) is 15.6 Å². The van der Waals surface area contributed by atoms with Crippen LogP contribution >= 0.6 is 0 Å². The van der Waals surface area contributed by atoms with Gasteiger partial charge in [0.15, 0.2) is 11.6 Å². The quantitative estimate of drug-likeness (QED) is 0.695. The van der Waals surface area contributed by atoms with Gasteiger partial charge in [-0.1, -0.05) is 0 Å². The molecule has 0 amide bonds. The first-order valence-electron chi connectivity index (χ1n) is 3.63. The van der Waals surface area contributed by atoms with Crippen LogP contribution in [0.3, 0.4) is 0 Å². The molecule has 0 atom stereocenters. The summed E-state index contributed by atoms with van der Waals surface area (Å²) in [6.07, 6.45) is 0. The first-order valence-corrected chi connectivity index (χ1v) is 3.63. The number of rotatable bonds is 3. The van der Waals surface area contributed by atoms with Crippen molar-refractivity contribution in [1.29, 1.82) is 0 Å². The normalized spacial score (nSPS) is 10.1. The summed E-state index contributed by atoms with van der Waals surface area (Å²) < 4.78 is 30.4. The predicted octanol–water partition coefficient (Wildman–Crippen LogP) is 0.918. The molecular formula is C8H9F2NO2. The number of aliphatic hydroxyl groups is 1. The third-order valence-electron chi connectivity index (χ3n) is 1.40. The lowest BCUT2D eigenvalue weighted by Crippen LogP contribution is -2.04. The summed E-state index contributed by atoms with van der Waals surface area (Å²) in [4.78, 5) is 0. The summed E-state index contributed by atoms with van der Waals surface area (Å²) in [6.45, 7) is -0.342. The smallest absolute Gasteiger partial charge is 0.167 e. The third-order valence-corrected chi connectivity index (χ3v) is 1.40. The van der Waals surface area contributed by atoms with E-state index < -0.39 is 11.6 Å². The second-order valence-electron chi connectivity index (χ2n) is 2.38. The number of anilines is 1. The molecule has 0 heterocycles. The highest BCUT2D eigenvalue weighted by Crippen LogP contribution is 2.22. The van der Waals surface area contributed by atoms with Crippen molar-refractivity contribution in [2.75, 3.05) is 18.9 Å². The van der Waals surface area contributed by atoms with Crippen LogP contribution in [-0.4, -0.2) is 18.3 Å². The maximum atomic E-state index is 12.9. The van der Waals surface area contributed by atoms with Crippen LogP contribution in [0.2, 0.25) is 0 Å². The average Bonchev–Trinajstić information content (AvgIpc) is 2.09. The molecule has 0 bridgehead atoms. The minimum absolute atomic E-state index is 0.0831. The number of hydrogen-bond donors (Lipinski definition) is 2. The van der Waals surface area contributed by atoms with E-state index in [0.29, 0.717) is 0 Å². The Hall–Kier alpha value is -1.36. The zero-order chi connectivity index (χ0) is 9.84. The zero-order valence-electron chi connectivity index (χ0n) is 6.76. The van der Waals surface area contributed by atoms with E-state index in [2.05, 4.69) is 0 Å². The van der Waals surface area contributed by atoms with Crippen LogP contribution in [0.1, 0.15) is 0 Å². The van der Waals surface area contributed by atoms with E-state index in [0.717, 1.165) is 12.1 Å². The molecule has 1 rings (SSSR count). The minimum Gasteiger partial charge on any atom is -0.488 e. The van der Waals surface area contributed by atoms with Crippen LogP contribution < -0.4 is 10.5 Å². The van der Waals surface area contributed by atoms with Gasteiger partial charge in [0.1, 0.15) is 12.4 Å². The molecule has 0 unspecified atom stereocenters. The van der Waals surface area contributed by atoms with E-state index in [1.807, 2.05) is 0 Å². The molecule has 72 valence electrons. The molecule has 0 aliphatic rings. The van der Waals surface area contributed by atoms with Crippen LogP contribution in [0.25, 0.3) is 0 Å². The Morgan fingerprint density at radius 1 is 1.31 bits per heavy atom. The van der Waals surface area contributed by atoms with Crippen LogP contribution in [0, 0.1) is 11.6 Å². The van der Waals surface area contributed by atoms with E-state index in [1.54, 1.807) is 0 Å². The molecule has 0 radical (unpaired) electrons. The number of halogens is 2. The van der Waals surface area contributed by atoms with Crippen molar-refractivity contribution in [3.63, 3.8) is 0 Å². The summed E-state index contributed by atoms with van der Waals surface area (Å²) in [5.41, 5.74) is 4.83. The highest BCUT2D eigenvalue weighted by atomic mass is 19.1. The molecule has 5 heteroatoms. The molecular weight excluding hydrogens is 180 g/mol. The molecule has 0 aliphatic carbocycles. The topological polar surface area (TPSA) is 55.5 Å². The Morgan fingerprint density at radius 3 is 2.62 bits per heavy atom. The summed E-state index contributed by atoms with van der Waals surface area (Å²) in [5.74, 6) is -1.73. The number of aliphatic hydroxyl groups excluding tert-OH is 1. The molecule has 0 aromatic heterocycles. The Morgan fingerprint density at radius 2 is 2.00 bits per heavy atom. The number of nitrogens with two attached hydrogens (primary N) is 1. The van der Waals surface area contributed by atoms with Crippen molar-refractivity contribution < 1.29 is 18.6 Å². The molecule has 0 saturated heterocycles. The molecule has 0 aliphatic heterocycles. The van der Waals surface area contributed by atoms with Crippen LogP contribution in [0.5, 0.6) is 5.75 Å². The van der Waals surface area contributed by atoms with Gasteiger partial charge in [0.25, 0.3) is 0 Å². The molecule has 0 saturated carbocycles. The third kappa shape index (κ3) is 2.29. The van der Waals surface area contributed by atoms with Gasteiger partial charge in [-0.3, -0.25) is 0 Å². The fraction of sp³-hybridized carbons (Fsp3) is 0.250. The van der Waals surface area contributed by atoms with Gasteiger partial charge < -0.3 is 15.6 Å². The van der Waals surface area contributed by atoms with Crippen molar-refractivity contribution in [2.24, 2.45) is 0 Å². The van der Waals surface area contributed by atoms with Gasteiger partial charge in [0.05, 0.1) is 12.3 Å². The van der Waals surface area contributed by atoms with Gasteiger partial charge in [0.2, 0.25) is 0 Å². The fourth-order valence-corrected chi connectivity index (χ4v) is 0.810. The number of nitrogen functional groups attached to an aromatic ring is 1. The Balaban J connectivity index is 2.88. The highest BCUT2D eigenvalue weighted by Gasteiger charge is 2.08. The van der Waals surface area contributed by atoms with Crippen LogP contribution in [0.15, 0.2) is 12.1 Å². The lowest BCUT2D eigenvalue weighted by atomic mass is 10.3. The molecule has 3 nitrogen and oxygen atoms in total. The highest BCUT2D eigenvalue weighted by molar-refractivity contribution is 5.44. The lowest BCUT2D eigenvalue weighted by molar-refractivity contribution is 0.196. The summed E-state index contributed by atoms with van der Waals surface area (Å²) in [6, 6.07) is 1.68. The molecule has 1 aromatic carbocycles. The summed E-state index contributed by atoms with van der Waals surface area (Å²) in [5, 5.41) is 8.38. The van der Waals surface area contributed by atoms with Crippen molar-refractivity contribution >= 4 is 5.69 Å². The molecule has 0 fully saturated rings. The first-order chi connectivity index (χ1) is 6.15. The fourth-order valence-electron chi connectivity index (χ4n) is 0.810. The largest absolute Gasteiger partial charge is 0.488 e. The maximum absolute atomic E-state index is 12.9. The summed E-state index contributed by atoms with van der Waals surface area (Å²) in [7, 11) is 0. The van der Waals surface area contributed by atoms with E-state index in [-0.39, 0.29) is 24.7 Å². The second kappa shape index (κ2) is 4.04. The van der Waals surface area contributed by atoms with Crippen LogP contribution in [-0.2, 0) is 0 Å². The molecule has 1 aromatic rings. The van der Waals surface area contributed by atoms with Crippen LogP contribution in [0.4, 0.5) is 14.5 Å². The zero-order valence-corrected chi connectivity index (χ0v) is 6.76. The van der Waals surface area contributed by atoms with Gasteiger partial charge >= 0.3 is 0 Å². The van der Waals surface area contributed by atoms with Crippen molar-refractivity contribution in [2.45, 2.75) is 0 Å². The summed E-state index contributed by atoms with van der Waals surface area (Å²) >= 11 is 0. The number of hydrogen-bond acceptors (Lipinski definition) is 3. The number of benzene rings is 1. The average molecular weight is 189 g/mol. The lowest BCUT2D eigenvalue weighted by Gasteiger charge is -2.06. The predicted molar refractivity (Wildman–Crippen MR) is 43.4 cm³/mol. The monoisotopic (exact) mass is 189 g/mol. The first kappa shape index (κ1) is 9.73. The van der Waals surface area contributed by atoms with Crippen molar-refractivity contribution in [1.82, 2.24) is 0 Å². The molecule has 13 heavy (non-hydrogen) atoms. The van der Waals surface area contributed by atoms with Gasteiger partial charge in [-0.05, 0) is 0 Å². The van der Waals surface area contributed by atoms with Gasteiger partial charge in [-0.25, -0.2) is 8.78 Å². The maximum Gasteiger partial charge on any atom is 0.167 e. The van der Waals surface area contributed by atoms with Crippen molar-refractivity contribution in [3.05, 3.63) is 23.8 Å². The van der Waals surface area contributed by atoms with E-state index >= 15 is 0 Å². The Bertz CT molecular complexity index is 304. The van der Waals surface area contributed by atoms with E-state index in [1.165, 1.54) is 0 Å². The van der Waals surface area contributed by atoms with E-state index in [9.17, 15) is 8.78 Å². The second-order valence-corrected chi connectivity index (χ2v) is 2.38. The van der Waals surface area contributed by atoms with Gasteiger partial charge in [-0.15, -0.1) is 0 Å². The molecule has 3 N–H and O–H groups in total. The van der Waals surface area contributed by atoms with Crippen molar-refractivity contribution in [3.8, 4) is 5.75 Å². The Labute approximate surface area is 73.7 Å². The minimum atomic E-state index is -0.743. The van der Waals surface area contributed by atoms with Gasteiger partial charge in [0, 0.05) is 12.1 Å².